The third kappa shape index (κ3) is 4.14. The molecule has 7 heteroatoms. The van der Waals surface area contributed by atoms with Crippen LogP contribution in [-0.2, 0) is 11.0 Å². The molecule has 0 atom stereocenters. The monoisotopic (exact) mass is 330 g/mol. The molecular weight excluding hydrogens is 321 g/mol. The van der Waals surface area contributed by atoms with Crippen molar-refractivity contribution in [2.24, 2.45) is 0 Å². The Morgan fingerprint density at radius 1 is 1.09 bits per heavy atom. The highest BCUT2D eigenvalue weighted by molar-refractivity contribution is 6.32. The Morgan fingerprint density at radius 2 is 1.77 bits per heavy atom. The van der Waals surface area contributed by atoms with E-state index in [1.165, 1.54) is 13.0 Å². The van der Waals surface area contributed by atoms with Crippen LogP contribution in [-0.4, -0.2) is 5.97 Å². The van der Waals surface area contributed by atoms with Gasteiger partial charge in [-0.3, -0.25) is 4.79 Å². The first-order valence-electron chi connectivity index (χ1n) is 6.09. The first kappa shape index (κ1) is 16.2. The van der Waals surface area contributed by atoms with E-state index in [-0.39, 0.29) is 22.3 Å². The third-order valence-electron chi connectivity index (χ3n) is 2.55. The summed E-state index contributed by atoms with van der Waals surface area (Å²) in [6.07, 6.45) is -4.47. The van der Waals surface area contributed by atoms with Gasteiger partial charge in [0.05, 0.1) is 10.6 Å². The third-order valence-corrected chi connectivity index (χ3v) is 2.85. The van der Waals surface area contributed by atoms with Crippen LogP contribution in [0.15, 0.2) is 42.5 Å². The zero-order valence-corrected chi connectivity index (χ0v) is 12.0. The van der Waals surface area contributed by atoms with Gasteiger partial charge in [0, 0.05) is 13.0 Å². The van der Waals surface area contributed by atoms with Crippen LogP contribution in [0.4, 0.5) is 13.2 Å². The standard InChI is InChI=1S/C15H10ClF3O3/c1-9(20)21-11-3-2-4-12(8-11)22-14-6-5-10(7-13(14)16)15(17,18)19/h2-8H,1H3. The van der Waals surface area contributed by atoms with Crippen molar-refractivity contribution in [1.29, 1.82) is 0 Å². The lowest BCUT2D eigenvalue weighted by atomic mass is 10.2. The van der Waals surface area contributed by atoms with Gasteiger partial charge in [-0.25, -0.2) is 0 Å². The molecule has 3 nitrogen and oxygen atoms in total. The molecule has 116 valence electrons. The van der Waals surface area contributed by atoms with E-state index >= 15 is 0 Å². The Labute approximate surface area is 129 Å². The van der Waals surface area contributed by atoms with E-state index in [1.54, 1.807) is 18.2 Å². The average molecular weight is 331 g/mol. The van der Waals surface area contributed by atoms with Crippen LogP contribution < -0.4 is 9.47 Å². The van der Waals surface area contributed by atoms with Gasteiger partial charge in [-0.15, -0.1) is 0 Å². The molecule has 2 aromatic carbocycles. The van der Waals surface area contributed by atoms with E-state index in [0.29, 0.717) is 0 Å². The summed E-state index contributed by atoms with van der Waals surface area (Å²) < 4.78 is 48.0. The number of hydrogen-bond acceptors (Lipinski definition) is 3. The Hall–Kier alpha value is -2.21. The lowest BCUT2D eigenvalue weighted by Gasteiger charge is -2.11. The van der Waals surface area contributed by atoms with Crippen molar-refractivity contribution in [3.63, 3.8) is 0 Å². The van der Waals surface area contributed by atoms with Gasteiger partial charge in [-0.2, -0.15) is 13.2 Å². The molecule has 0 aliphatic heterocycles. The largest absolute Gasteiger partial charge is 0.456 e. The fourth-order valence-corrected chi connectivity index (χ4v) is 1.87. The molecule has 2 rings (SSSR count). The van der Waals surface area contributed by atoms with Gasteiger partial charge in [0.15, 0.2) is 0 Å². The normalized spacial score (nSPS) is 11.1. The highest BCUT2D eigenvalue weighted by atomic mass is 35.5. The van der Waals surface area contributed by atoms with Crippen molar-refractivity contribution < 1.29 is 27.4 Å². The van der Waals surface area contributed by atoms with E-state index in [9.17, 15) is 18.0 Å². The summed E-state index contributed by atoms with van der Waals surface area (Å²) in [6, 6.07) is 8.89. The number of rotatable bonds is 3. The van der Waals surface area contributed by atoms with Crippen LogP contribution in [0.25, 0.3) is 0 Å². The molecule has 0 aliphatic carbocycles. The maximum Gasteiger partial charge on any atom is 0.416 e. The van der Waals surface area contributed by atoms with Crippen molar-refractivity contribution in [3.8, 4) is 17.2 Å². The molecule has 0 unspecified atom stereocenters. The predicted octanol–water partition coefficient (Wildman–Crippen LogP) is 5.08. The first-order valence-corrected chi connectivity index (χ1v) is 6.46. The number of hydrogen-bond donors (Lipinski definition) is 0. The van der Waals surface area contributed by atoms with Gasteiger partial charge in [-0.1, -0.05) is 17.7 Å². The Bertz CT molecular complexity index is 699. The number of esters is 1. The SMILES string of the molecule is CC(=O)Oc1cccc(Oc2ccc(C(F)(F)F)cc2Cl)c1. The van der Waals surface area contributed by atoms with E-state index in [1.807, 2.05) is 0 Å². The van der Waals surface area contributed by atoms with Gasteiger partial charge in [0.2, 0.25) is 0 Å². The molecule has 0 bridgehead atoms. The van der Waals surface area contributed by atoms with E-state index < -0.39 is 17.7 Å². The minimum atomic E-state index is -4.47. The second-order valence-corrected chi connectivity index (χ2v) is 4.72. The van der Waals surface area contributed by atoms with E-state index in [0.717, 1.165) is 18.2 Å². The van der Waals surface area contributed by atoms with Crippen molar-refractivity contribution in [1.82, 2.24) is 0 Å². The number of carbonyl (C=O) groups excluding carboxylic acids is 1. The van der Waals surface area contributed by atoms with E-state index in [4.69, 9.17) is 21.1 Å². The summed E-state index contributed by atoms with van der Waals surface area (Å²) in [7, 11) is 0. The highest BCUT2D eigenvalue weighted by Crippen LogP contribution is 2.36. The van der Waals surface area contributed by atoms with Crippen molar-refractivity contribution in [3.05, 3.63) is 53.1 Å². The molecule has 0 saturated heterocycles. The van der Waals surface area contributed by atoms with Crippen LogP contribution in [0, 0.1) is 0 Å². The molecule has 0 fully saturated rings. The number of ether oxygens (including phenoxy) is 2. The molecule has 0 heterocycles. The first-order chi connectivity index (χ1) is 10.3. The van der Waals surface area contributed by atoms with Crippen molar-refractivity contribution in [2.45, 2.75) is 13.1 Å². The molecule has 2 aromatic rings. The Kier molecular flexibility index (Phi) is 4.61. The summed E-state index contributed by atoms with van der Waals surface area (Å²) in [6.45, 7) is 1.25. The molecule has 0 amide bonds. The average Bonchev–Trinajstić information content (AvgIpc) is 2.39. The van der Waals surface area contributed by atoms with Crippen LogP contribution in [0.5, 0.6) is 17.2 Å². The molecule has 0 saturated carbocycles. The number of halogens is 4. The quantitative estimate of drug-likeness (QED) is 0.582. The van der Waals surface area contributed by atoms with Crippen LogP contribution in [0.2, 0.25) is 5.02 Å². The van der Waals surface area contributed by atoms with E-state index in [2.05, 4.69) is 0 Å². The molecule has 0 radical (unpaired) electrons. The molecule has 0 aromatic heterocycles. The Morgan fingerprint density at radius 3 is 2.36 bits per heavy atom. The second kappa shape index (κ2) is 6.27. The maximum absolute atomic E-state index is 12.6. The maximum atomic E-state index is 12.6. The lowest BCUT2D eigenvalue weighted by molar-refractivity contribution is -0.137. The number of alkyl halides is 3. The van der Waals surface area contributed by atoms with Crippen LogP contribution in [0.3, 0.4) is 0 Å². The summed E-state index contributed by atoms with van der Waals surface area (Å²) in [5.74, 6) is 0.104. The van der Waals surface area contributed by atoms with Gasteiger partial charge >= 0.3 is 12.1 Å². The molecule has 0 spiro atoms. The van der Waals surface area contributed by atoms with Crippen LogP contribution >= 0.6 is 11.6 Å². The smallest absolute Gasteiger partial charge is 0.416 e. The minimum Gasteiger partial charge on any atom is -0.456 e. The van der Waals surface area contributed by atoms with Gasteiger partial charge in [-0.05, 0) is 30.3 Å². The lowest BCUT2D eigenvalue weighted by Crippen LogP contribution is -2.04. The molecule has 0 N–H and O–H groups in total. The summed E-state index contributed by atoms with van der Waals surface area (Å²) in [4.78, 5) is 10.9. The minimum absolute atomic E-state index is 0.0645. The topological polar surface area (TPSA) is 35.5 Å². The van der Waals surface area contributed by atoms with Gasteiger partial charge < -0.3 is 9.47 Å². The molecule has 22 heavy (non-hydrogen) atoms. The summed E-state index contributed by atoms with van der Waals surface area (Å²) >= 11 is 5.80. The molecule has 0 aliphatic rings. The number of carbonyl (C=O) groups is 1. The van der Waals surface area contributed by atoms with Crippen molar-refractivity contribution in [2.75, 3.05) is 0 Å². The fraction of sp³-hybridized carbons (Fsp3) is 0.133. The molecular formula is C15H10ClF3O3. The Balaban J connectivity index is 2.22. The second-order valence-electron chi connectivity index (χ2n) is 4.31. The predicted molar refractivity (Wildman–Crippen MR) is 74.3 cm³/mol. The zero-order valence-electron chi connectivity index (χ0n) is 11.3. The van der Waals surface area contributed by atoms with Crippen molar-refractivity contribution >= 4 is 17.6 Å². The van der Waals surface area contributed by atoms with Gasteiger partial charge in [0.1, 0.15) is 17.2 Å². The highest BCUT2D eigenvalue weighted by Gasteiger charge is 2.31. The van der Waals surface area contributed by atoms with Gasteiger partial charge in [0.25, 0.3) is 0 Å². The fourth-order valence-electron chi connectivity index (χ4n) is 1.65. The van der Waals surface area contributed by atoms with Crippen LogP contribution in [0.1, 0.15) is 12.5 Å². The zero-order chi connectivity index (χ0) is 16.3. The summed E-state index contributed by atoms with van der Waals surface area (Å²) in [5, 5.41) is -0.173. The number of benzene rings is 2. The summed E-state index contributed by atoms with van der Waals surface area (Å²) in [5.41, 5.74) is -0.862.